The molecule has 0 saturated carbocycles. The van der Waals surface area contributed by atoms with Gasteiger partial charge in [-0.25, -0.2) is 0 Å². The Hall–Kier alpha value is -1.29. The molecule has 0 radical (unpaired) electrons. The van der Waals surface area contributed by atoms with Gasteiger partial charge in [0, 0.05) is 6.04 Å². The summed E-state index contributed by atoms with van der Waals surface area (Å²) in [5.74, 6) is 0.636. The molecule has 2 rings (SSSR count). The van der Waals surface area contributed by atoms with Gasteiger partial charge in [0.15, 0.2) is 0 Å². The highest BCUT2D eigenvalue weighted by Crippen LogP contribution is 2.30. The van der Waals surface area contributed by atoms with E-state index >= 15 is 0 Å². The third-order valence-electron chi connectivity index (χ3n) is 3.83. The molecule has 0 amide bonds. The topological polar surface area (TPSA) is 12.0 Å². The molecule has 0 aromatic heterocycles. The van der Waals surface area contributed by atoms with E-state index in [1.165, 1.54) is 6.42 Å². The van der Waals surface area contributed by atoms with E-state index < -0.39 is 11.7 Å². The van der Waals surface area contributed by atoms with Crippen LogP contribution >= 0.6 is 0 Å². The van der Waals surface area contributed by atoms with E-state index in [1.807, 2.05) is 6.92 Å². The van der Waals surface area contributed by atoms with Crippen LogP contribution in [0, 0.1) is 5.92 Å². The number of hydrogen-bond donors (Lipinski definition) is 1. The lowest BCUT2D eigenvalue weighted by Crippen LogP contribution is -2.26. The van der Waals surface area contributed by atoms with Crippen molar-refractivity contribution in [3.8, 4) is 0 Å². The molecule has 0 saturated heterocycles. The van der Waals surface area contributed by atoms with E-state index in [0.717, 1.165) is 37.1 Å². The molecule has 0 fully saturated rings. The van der Waals surface area contributed by atoms with Crippen molar-refractivity contribution in [3.05, 3.63) is 47.5 Å². The van der Waals surface area contributed by atoms with E-state index in [0.29, 0.717) is 5.92 Å². The molecule has 1 aliphatic carbocycles. The summed E-state index contributed by atoms with van der Waals surface area (Å²) in [6, 6.07) is 5.49. The molecule has 1 N–H and O–H groups in total. The van der Waals surface area contributed by atoms with E-state index in [2.05, 4.69) is 17.5 Å². The summed E-state index contributed by atoms with van der Waals surface area (Å²) in [4.78, 5) is 0. The molecule has 20 heavy (non-hydrogen) atoms. The maximum atomic E-state index is 12.5. The zero-order valence-corrected chi connectivity index (χ0v) is 11.6. The summed E-state index contributed by atoms with van der Waals surface area (Å²) in [7, 11) is 0. The van der Waals surface area contributed by atoms with Gasteiger partial charge in [0.25, 0.3) is 0 Å². The van der Waals surface area contributed by atoms with Crippen LogP contribution in [0.2, 0.25) is 0 Å². The van der Waals surface area contributed by atoms with E-state index in [1.54, 1.807) is 12.1 Å². The van der Waals surface area contributed by atoms with Crippen LogP contribution in [0.15, 0.2) is 36.4 Å². The van der Waals surface area contributed by atoms with E-state index in [-0.39, 0.29) is 6.04 Å². The molecule has 110 valence electrons. The first-order valence-corrected chi connectivity index (χ1v) is 7.02. The summed E-state index contributed by atoms with van der Waals surface area (Å²) in [5.41, 5.74) is 0.301. The Morgan fingerprint density at radius 2 is 1.90 bits per heavy atom. The summed E-state index contributed by atoms with van der Waals surface area (Å²) in [5, 5.41) is 3.41. The van der Waals surface area contributed by atoms with Crippen LogP contribution in [-0.2, 0) is 6.18 Å². The fourth-order valence-corrected chi connectivity index (χ4v) is 2.46. The van der Waals surface area contributed by atoms with Crippen molar-refractivity contribution in [2.75, 3.05) is 6.54 Å². The van der Waals surface area contributed by atoms with Crippen LogP contribution in [-0.4, -0.2) is 6.54 Å². The number of hydrogen-bond acceptors (Lipinski definition) is 1. The van der Waals surface area contributed by atoms with Crippen LogP contribution in [0.1, 0.15) is 43.4 Å². The van der Waals surface area contributed by atoms with Crippen LogP contribution < -0.4 is 5.32 Å². The fraction of sp³-hybridized carbons (Fsp3) is 0.500. The molecule has 0 heterocycles. The summed E-state index contributed by atoms with van der Waals surface area (Å²) in [6.07, 6.45) is 3.55. The van der Waals surface area contributed by atoms with Crippen LogP contribution in [0.4, 0.5) is 13.2 Å². The molecule has 0 aliphatic heterocycles. The quantitative estimate of drug-likeness (QED) is 0.789. The number of allylic oxidation sites excluding steroid dienone is 2. The average Bonchev–Trinajstić information content (AvgIpc) is 2.45. The van der Waals surface area contributed by atoms with Gasteiger partial charge >= 0.3 is 6.18 Å². The monoisotopic (exact) mass is 283 g/mol. The first-order chi connectivity index (χ1) is 9.47. The smallest absolute Gasteiger partial charge is 0.310 e. The second-order valence-corrected chi connectivity index (χ2v) is 5.40. The fourth-order valence-electron chi connectivity index (χ4n) is 2.46. The van der Waals surface area contributed by atoms with Gasteiger partial charge < -0.3 is 5.32 Å². The highest BCUT2D eigenvalue weighted by Gasteiger charge is 2.30. The lowest BCUT2D eigenvalue weighted by atomic mass is 9.94. The maximum Gasteiger partial charge on any atom is 0.416 e. The second-order valence-electron chi connectivity index (χ2n) is 5.40. The SMILES string of the molecule is CC(NCC1CC=CCC1)c1ccc(C(F)(F)F)cc1. The van der Waals surface area contributed by atoms with Gasteiger partial charge in [0.2, 0.25) is 0 Å². The van der Waals surface area contributed by atoms with Gasteiger partial charge in [-0.3, -0.25) is 0 Å². The zero-order chi connectivity index (χ0) is 14.6. The second kappa shape index (κ2) is 6.44. The third-order valence-corrected chi connectivity index (χ3v) is 3.83. The molecule has 1 aliphatic rings. The molecule has 1 aromatic rings. The molecule has 2 unspecified atom stereocenters. The Morgan fingerprint density at radius 3 is 2.45 bits per heavy atom. The zero-order valence-electron chi connectivity index (χ0n) is 11.6. The number of alkyl halides is 3. The van der Waals surface area contributed by atoms with Gasteiger partial charge in [-0.2, -0.15) is 13.2 Å². The van der Waals surface area contributed by atoms with Crippen LogP contribution in [0.3, 0.4) is 0 Å². The minimum Gasteiger partial charge on any atom is -0.310 e. The lowest BCUT2D eigenvalue weighted by molar-refractivity contribution is -0.137. The Bertz CT molecular complexity index is 448. The van der Waals surface area contributed by atoms with Crippen LogP contribution in [0.25, 0.3) is 0 Å². The highest BCUT2D eigenvalue weighted by atomic mass is 19.4. The maximum absolute atomic E-state index is 12.5. The van der Waals surface area contributed by atoms with E-state index in [4.69, 9.17) is 0 Å². The Balaban J connectivity index is 1.88. The largest absolute Gasteiger partial charge is 0.416 e. The van der Waals surface area contributed by atoms with Gasteiger partial charge in [-0.05, 0) is 56.3 Å². The van der Waals surface area contributed by atoms with Crippen molar-refractivity contribution in [1.82, 2.24) is 5.32 Å². The molecule has 4 heteroatoms. The normalized spacial score (nSPS) is 20.9. The predicted molar refractivity (Wildman–Crippen MR) is 74.3 cm³/mol. The predicted octanol–water partition coefficient (Wildman–Crippen LogP) is 4.71. The minimum absolute atomic E-state index is 0.0724. The van der Waals surface area contributed by atoms with Gasteiger partial charge in [-0.15, -0.1) is 0 Å². The number of rotatable bonds is 4. The minimum atomic E-state index is -4.26. The third kappa shape index (κ3) is 4.10. The van der Waals surface area contributed by atoms with Crippen molar-refractivity contribution in [2.24, 2.45) is 5.92 Å². The average molecular weight is 283 g/mol. The summed E-state index contributed by atoms with van der Waals surface area (Å²) in [6.45, 7) is 2.90. The molecule has 1 aromatic carbocycles. The van der Waals surface area contributed by atoms with E-state index in [9.17, 15) is 13.2 Å². The molecule has 0 bridgehead atoms. The molecule has 1 nitrogen and oxygen atoms in total. The highest BCUT2D eigenvalue weighted by molar-refractivity contribution is 5.26. The molecular formula is C16H20F3N. The Morgan fingerprint density at radius 1 is 1.20 bits per heavy atom. The van der Waals surface area contributed by atoms with Crippen molar-refractivity contribution < 1.29 is 13.2 Å². The number of nitrogens with one attached hydrogen (secondary N) is 1. The Labute approximate surface area is 117 Å². The van der Waals surface area contributed by atoms with Gasteiger partial charge in [-0.1, -0.05) is 24.3 Å². The van der Waals surface area contributed by atoms with Crippen molar-refractivity contribution in [2.45, 2.75) is 38.4 Å². The summed E-state index contributed by atoms with van der Waals surface area (Å²) >= 11 is 0. The number of benzene rings is 1. The van der Waals surface area contributed by atoms with Crippen molar-refractivity contribution in [1.29, 1.82) is 0 Å². The first kappa shape index (κ1) is 15.1. The molecular weight excluding hydrogens is 263 g/mol. The first-order valence-electron chi connectivity index (χ1n) is 7.02. The standard InChI is InChI=1S/C16H20F3N/c1-12(20-11-13-5-3-2-4-6-13)14-7-9-15(10-8-14)16(17,18)19/h2-3,7-10,12-13,20H,4-6,11H2,1H3. The number of halogens is 3. The van der Waals surface area contributed by atoms with Gasteiger partial charge in [0.1, 0.15) is 0 Å². The molecule has 0 spiro atoms. The Kier molecular flexibility index (Phi) is 4.86. The molecule has 2 atom stereocenters. The van der Waals surface area contributed by atoms with Gasteiger partial charge in [0.05, 0.1) is 5.56 Å². The van der Waals surface area contributed by atoms with Crippen molar-refractivity contribution in [3.63, 3.8) is 0 Å². The van der Waals surface area contributed by atoms with Crippen LogP contribution in [0.5, 0.6) is 0 Å². The lowest BCUT2D eigenvalue weighted by Gasteiger charge is -2.22. The summed E-state index contributed by atoms with van der Waals surface area (Å²) < 4.78 is 37.5. The van der Waals surface area contributed by atoms with Crippen molar-refractivity contribution >= 4 is 0 Å².